The van der Waals surface area contributed by atoms with E-state index in [1.807, 2.05) is 0 Å². The van der Waals surface area contributed by atoms with Crippen LogP contribution in [0.2, 0.25) is 0 Å². The molecule has 0 aliphatic heterocycles. The summed E-state index contributed by atoms with van der Waals surface area (Å²) in [5.41, 5.74) is 1.07. The summed E-state index contributed by atoms with van der Waals surface area (Å²) in [6, 6.07) is -0.0613. The van der Waals surface area contributed by atoms with E-state index in [-0.39, 0.29) is 35.6 Å². The van der Waals surface area contributed by atoms with Crippen molar-refractivity contribution in [1.82, 2.24) is 15.1 Å². The van der Waals surface area contributed by atoms with Crippen molar-refractivity contribution >= 4 is 5.91 Å². The van der Waals surface area contributed by atoms with Gasteiger partial charge in [0.2, 0.25) is 0 Å². The van der Waals surface area contributed by atoms with Crippen LogP contribution in [0.1, 0.15) is 47.3 Å². The van der Waals surface area contributed by atoms with Gasteiger partial charge in [-0.05, 0) is 32.3 Å². The minimum Gasteiger partial charge on any atom is -0.396 e. The van der Waals surface area contributed by atoms with Gasteiger partial charge in [0.1, 0.15) is 5.56 Å². The Morgan fingerprint density at radius 3 is 2.71 bits per heavy atom. The van der Waals surface area contributed by atoms with Crippen molar-refractivity contribution in [3.05, 3.63) is 27.2 Å². The molecular weight excluding hydrogens is 270 g/mol. The van der Waals surface area contributed by atoms with Crippen molar-refractivity contribution in [3.8, 4) is 0 Å². The Morgan fingerprint density at radius 2 is 2.05 bits per heavy atom. The first-order chi connectivity index (χ1) is 9.95. The highest BCUT2D eigenvalue weighted by atomic mass is 16.3. The van der Waals surface area contributed by atoms with Gasteiger partial charge in [-0.25, -0.2) is 4.68 Å². The lowest BCUT2D eigenvalue weighted by molar-refractivity contribution is 0.0869. The average molecular weight is 293 g/mol. The van der Waals surface area contributed by atoms with E-state index in [1.165, 1.54) is 4.68 Å². The van der Waals surface area contributed by atoms with E-state index in [2.05, 4.69) is 10.4 Å². The van der Waals surface area contributed by atoms with Gasteiger partial charge >= 0.3 is 0 Å². The van der Waals surface area contributed by atoms with Crippen molar-refractivity contribution in [2.75, 3.05) is 6.61 Å². The van der Waals surface area contributed by atoms with Crippen LogP contribution in [0.15, 0.2) is 4.79 Å². The van der Waals surface area contributed by atoms with Gasteiger partial charge in [-0.3, -0.25) is 9.59 Å². The normalized spacial score (nSPS) is 22.1. The number of nitrogens with zero attached hydrogens (tertiary/aromatic N) is 2. The number of carbonyl (C=O) groups excluding carboxylic acids is 1. The molecule has 1 heterocycles. The largest absolute Gasteiger partial charge is 0.396 e. The van der Waals surface area contributed by atoms with Gasteiger partial charge in [0, 0.05) is 25.6 Å². The maximum absolute atomic E-state index is 12.5. The SMILES string of the molecule is Cc1nn(C)c(=O)c(C(=O)NC2CCCCC2CO)c1C. The van der Waals surface area contributed by atoms with Crippen molar-refractivity contribution in [3.63, 3.8) is 0 Å². The van der Waals surface area contributed by atoms with Crippen LogP contribution < -0.4 is 10.9 Å². The zero-order valence-electron chi connectivity index (χ0n) is 12.8. The molecule has 6 nitrogen and oxygen atoms in total. The molecule has 1 aromatic heterocycles. The van der Waals surface area contributed by atoms with Crippen LogP contribution in [0.4, 0.5) is 0 Å². The summed E-state index contributed by atoms with van der Waals surface area (Å²) in [5, 5.41) is 16.4. The maximum Gasteiger partial charge on any atom is 0.279 e. The quantitative estimate of drug-likeness (QED) is 0.858. The smallest absolute Gasteiger partial charge is 0.279 e. The molecule has 2 atom stereocenters. The summed E-state index contributed by atoms with van der Waals surface area (Å²) < 4.78 is 1.20. The lowest BCUT2D eigenvalue weighted by Crippen LogP contribution is -2.45. The topological polar surface area (TPSA) is 84.2 Å². The molecule has 0 bridgehead atoms. The lowest BCUT2D eigenvalue weighted by atomic mass is 9.85. The zero-order chi connectivity index (χ0) is 15.6. The van der Waals surface area contributed by atoms with Gasteiger partial charge in [0.15, 0.2) is 0 Å². The minimum absolute atomic E-state index is 0.0613. The fourth-order valence-corrected chi connectivity index (χ4v) is 2.97. The van der Waals surface area contributed by atoms with E-state index < -0.39 is 0 Å². The third-order valence-electron chi connectivity index (χ3n) is 4.41. The molecule has 1 aromatic rings. The van der Waals surface area contributed by atoms with Crippen LogP contribution in [0.5, 0.6) is 0 Å². The van der Waals surface area contributed by atoms with E-state index in [0.29, 0.717) is 11.3 Å². The fourth-order valence-electron chi connectivity index (χ4n) is 2.97. The highest BCUT2D eigenvalue weighted by molar-refractivity contribution is 5.95. The number of hydrogen-bond donors (Lipinski definition) is 2. The van der Waals surface area contributed by atoms with E-state index in [0.717, 1.165) is 25.7 Å². The Kier molecular flexibility index (Phi) is 4.77. The molecule has 0 saturated heterocycles. The third-order valence-corrected chi connectivity index (χ3v) is 4.41. The number of aromatic nitrogens is 2. The van der Waals surface area contributed by atoms with Gasteiger partial charge in [-0.15, -0.1) is 0 Å². The van der Waals surface area contributed by atoms with Crippen LogP contribution in [-0.4, -0.2) is 33.4 Å². The Hall–Kier alpha value is -1.69. The molecular formula is C15H23N3O3. The van der Waals surface area contributed by atoms with Crippen LogP contribution in [0.25, 0.3) is 0 Å². The average Bonchev–Trinajstić information content (AvgIpc) is 2.46. The van der Waals surface area contributed by atoms with E-state index in [9.17, 15) is 14.7 Å². The predicted octanol–water partition coefficient (Wildman–Crippen LogP) is 0.678. The molecule has 2 unspecified atom stereocenters. The van der Waals surface area contributed by atoms with Crippen molar-refractivity contribution in [1.29, 1.82) is 0 Å². The Balaban J connectivity index is 2.27. The molecule has 6 heteroatoms. The molecule has 1 amide bonds. The summed E-state index contributed by atoms with van der Waals surface area (Å²) >= 11 is 0. The number of aryl methyl sites for hydroxylation is 2. The lowest BCUT2D eigenvalue weighted by Gasteiger charge is -2.31. The molecule has 1 aliphatic carbocycles. The molecule has 0 radical (unpaired) electrons. The highest BCUT2D eigenvalue weighted by Gasteiger charge is 2.28. The molecule has 0 spiro atoms. The van der Waals surface area contributed by atoms with E-state index in [1.54, 1.807) is 20.9 Å². The number of nitrogens with one attached hydrogen (secondary N) is 1. The standard InChI is InChI=1S/C15H23N3O3/c1-9-10(2)17-18(3)15(21)13(9)14(20)16-12-7-5-4-6-11(12)8-19/h11-12,19H,4-8H2,1-3H3,(H,16,20). The highest BCUT2D eigenvalue weighted by Crippen LogP contribution is 2.24. The first-order valence-electron chi connectivity index (χ1n) is 7.42. The van der Waals surface area contributed by atoms with Crippen LogP contribution >= 0.6 is 0 Å². The summed E-state index contributed by atoms with van der Waals surface area (Å²) in [7, 11) is 1.54. The Bertz CT molecular complexity index is 595. The summed E-state index contributed by atoms with van der Waals surface area (Å²) in [6.45, 7) is 3.59. The molecule has 2 N–H and O–H groups in total. The van der Waals surface area contributed by atoms with Gasteiger partial charge in [-0.1, -0.05) is 12.8 Å². The van der Waals surface area contributed by atoms with Crippen LogP contribution in [0, 0.1) is 19.8 Å². The van der Waals surface area contributed by atoms with Crippen molar-refractivity contribution < 1.29 is 9.90 Å². The van der Waals surface area contributed by atoms with E-state index in [4.69, 9.17) is 0 Å². The Labute approximate surface area is 124 Å². The second kappa shape index (κ2) is 6.39. The van der Waals surface area contributed by atoms with Gasteiger partial charge in [0.05, 0.1) is 5.69 Å². The molecule has 0 aromatic carbocycles. The fraction of sp³-hybridized carbons (Fsp3) is 0.667. The number of rotatable bonds is 3. The van der Waals surface area contributed by atoms with Crippen LogP contribution in [0.3, 0.4) is 0 Å². The third kappa shape index (κ3) is 3.15. The number of amides is 1. The minimum atomic E-state index is -0.382. The summed E-state index contributed by atoms with van der Waals surface area (Å²) in [4.78, 5) is 24.7. The summed E-state index contributed by atoms with van der Waals surface area (Å²) in [5.74, 6) is -0.279. The predicted molar refractivity (Wildman–Crippen MR) is 79.3 cm³/mol. The zero-order valence-corrected chi connectivity index (χ0v) is 12.8. The molecule has 1 saturated carbocycles. The molecule has 1 aliphatic rings. The molecule has 21 heavy (non-hydrogen) atoms. The van der Waals surface area contributed by atoms with Gasteiger partial charge < -0.3 is 10.4 Å². The van der Waals surface area contributed by atoms with Crippen LogP contribution in [-0.2, 0) is 7.05 Å². The number of carbonyl (C=O) groups is 1. The number of aliphatic hydroxyl groups excluding tert-OH is 1. The van der Waals surface area contributed by atoms with E-state index >= 15 is 0 Å². The molecule has 116 valence electrons. The molecule has 2 rings (SSSR count). The first-order valence-corrected chi connectivity index (χ1v) is 7.42. The number of aliphatic hydroxyl groups is 1. The second-order valence-electron chi connectivity index (χ2n) is 5.82. The second-order valence-corrected chi connectivity index (χ2v) is 5.82. The van der Waals surface area contributed by atoms with Gasteiger partial charge in [0.25, 0.3) is 11.5 Å². The monoisotopic (exact) mass is 293 g/mol. The van der Waals surface area contributed by atoms with Crippen molar-refractivity contribution in [2.45, 2.75) is 45.6 Å². The van der Waals surface area contributed by atoms with Crippen molar-refractivity contribution in [2.24, 2.45) is 13.0 Å². The maximum atomic E-state index is 12.5. The number of hydrogen-bond acceptors (Lipinski definition) is 4. The first kappa shape index (κ1) is 15.7. The van der Waals surface area contributed by atoms with Gasteiger partial charge in [-0.2, -0.15) is 5.10 Å². The summed E-state index contributed by atoms with van der Waals surface area (Å²) in [6.07, 6.45) is 3.87. The molecule has 1 fully saturated rings. The Morgan fingerprint density at radius 1 is 1.38 bits per heavy atom.